The molecule has 0 aliphatic carbocycles. The van der Waals surface area contributed by atoms with E-state index in [-0.39, 0.29) is 24.2 Å². The van der Waals surface area contributed by atoms with Gasteiger partial charge >= 0.3 is 5.97 Å². The molecule has 1 aromatic heterocycles. The van der Waals surface area contributed by atoms with Crippen molar-refractivity contribution in [3.63, 3.8) is 0 Å². The molecule has 0 aliphatic heterocycles. The van der Waals surface area contributed by atoms with Crippen molar-refractivity contribution in [2.75, 3.05) is 7.11 Å². The molecule has 0 radical (unpaired) electrons. The van der Waals surface area contributed by atoms with E-state index in [1.165, 1.54) is 13.2 Å². The fourth-order valence-electron chi connectivity index (χ4n) is 1.42. The number of hydrogen-bond acceptors (Lipinski definition) is 5. The molecule has 0 aliphatic rings. The van der Waals surface area contributed by atoms with E-state index < -0.39 is 18.1 Å². The summed E-state index contributed by atoms with van der Waals surface area (Å²) < 4.78 is 29.8. The smallest absolute Gasteiger partial charge is 0.310 e. The molecule has 1 rings (SSSR count). The van der Waals surface area contributed by atoms with Gasteiger partial charge in [-0.1, -0.05) is 0 Å². The van der Waals surface area contributed by atoms with Crippen molar-refractivity contribution < 1.29 is 18.3 Å². The van der Waals surface area contributed by atoms with Crippen LogP contribution in [-0.4, -0.2) is 18.1 Å². The monoisotopic (exact) mass is 255 g/mol. The molecule has 7 heteroatoms. The van der Waals surface area contributed by atoms with Gasteiger partial charge in [0.05, 0.1) is 24.8 Å². The van der Waals surface area contributed by atoms with E-state index in [0.29, 0.717) is 5.56 Å². The number of carbonyl (C=O) groups is 1. The van der Waals surface area contributed by atoms with E-state index in [9.17, 15) is 13.6 Å². The quantitative estimate of drug-likeness (QED) is 0.813. The van der Waals surface area contributed by atoms with Gasteiger partial charge in [-0.25, -0.2) is 13.8 Å². The summed E-state index contributed by atoms with van der Waals surface area (Å²) in [4.78, 5) is 14.8. The van der Waals surface area contributed by atoms with Crippen LogP contribution >= 0.6 is 0 Å². The molecule has 0 aromatic carbocycles. The van der Waals surface area contributed by atoms with Gasteiger partial charge in [-0.3, -0.25) is 4.79 Å². The van der Waals surface area contributed by atoms with E-state index in [4.69, 9.17) is 11.0 Å². The van der Waals surface area contributed by atoms with Crippen molar-refractivity contribution >= 4 is 5.97 Å². The van der Waals surface area contributed by atoms with Crippen molar-refractivity contribution in [1.82, 2.24) is 4.98 Å². The van der Waals surface area contributed by atoms with Gasteiger partial charge < -0.3 is 10.5 Å². The van der Waals surface area contributed by atoms with Crippen molar-refractivity contribution in [2.24, 2.45) is 5.73 Å². The van der Waals surface area contributed by atoms with E-state index in [1.807, 2.05) is 0 Å². The van der Waals surface area contributed by atoms with E-state index >= 15 is 0 Å². The number of nitrogens with zero attached hydrogens (tertiary/aromatic N) is 2. The lowest BCUT2D eigenvalue weighted by atomic mass is 10.1. The maximum absolute atomic E-state index is 12.6. The zero-order chi connectivity index (χ0) is 13.7. The van der Waals surface area contributed by atoms with Gasteiger partial charge in [-0.2, -0.15) is 5.26 Å². The summed E-state index contributed by atoms with van der Waals surface area (Å²) in [5.41, 5.74) is 4.99. The van der Waals surface area contributed by atoms with Gasteiger partial charge in [-0.05, 0) is 11.6 Å². The van der Waals surface area contributed by atoms with Crippen LogP contribution in [0.25, 0.3) is 0 Å². The van der Waals surface area contributed by atoms with Crippen molar-refractivity contribution in [1.29, 1.82) is 5.26 Å². The molecule has 0 bridgehead atoms. The lowest BCUT2D eigenvalue weighted by molar-refractivity contribution is -0.139. The Labute approximate surface area is 102 Å². The molecule has 0 unspecified atom stereocenters. The van der Waals surface area contributed by atoms with Crippen LogP contribution in [0.1, 0.15) is 28.9 Å². The predicted octanol–water partition coefficient (Wildman–Crippen LogP) is 1.07. The summed E-state index contributed by atoms with van der Waals surface area (Å²) in [6.45, 7) is -0.0994. The van der Waals surface area contributed by atoms with Gasteiger partial charge in [0.15, 0.2) is 0 Å². The second-order valence-corrected chi connectivity index (χ2v) is 3.40. The zero-order valence-electron chi connectivity index (χ0n) is 9.61. The summed E-state index contributed by atoms with van der Waals surface area (Å²) in [5, 5.41) is 8.78. The van der Waals surface area contributed by atoms with Gasteiger partial charge in [-0.15, -0.1) is 0 Å². The first kappa shape index (κ1) is 14.0. The van der Waals surface area contributed by atoms with Gasteiger partial charge in [0, 0.05) is 6.54 Å². The molecule has 0 atom stereocenters. The van der Waals surface area contributed by atoms with Crippen LogP contribution in [0.15, 0.2) is 6.07 Å². The predicted molar refractivity (Wildman–Crippen MR) is 57.5 cm³/mol. The van der Waals surface area contributed by atoms with E-state index in [0.717, 1.165) is 0 Å². The topological polar surface area (TPSA) is 89.0 Å². The Balaban J connectivity index is 3.27. The number of ether oxygens (including phenoxy) is 1. The van der Waals surface area contributed by atoms with Crippen LogP contribution in [0.3, 0.4) is 0 Å². The van der Waals surface area contributed by atoms with Gasteiger partial charge in [0.2, 0.25) is 0 Å². The molecule has 96 valence electrons. The number of methoxy groups -OCH3 is 1. The maximum atomic E-state index is 12.6. The number of aromatic nitrogens is 1. The number of nitrogens with two attached hydrogens (primary N) is 1. The second kappa shape index (κ2) is 6.02. The van der Waals surface area contributed by atoms with Crippen LogP contribution in [-0.2, 0) is 22.5 Å². The number of esters is 1. The SMILES string of the molecule is COC(=O)Cc1cc(C#N)c(C(F)F)nc1CN. The molecular weight excluding hydrogens is 244 g/mol. The van der Waals surface area contributed by atoms with Gasteiger partial charge in [0.25, 0.3) is 6.43 Å². The summed E-state index contributed by atoms with van der Waals surface area (Å²) in [7, 11) is 1.20. The minimum absolute atomic E-state index is 0.0994. The first-order valence-electron chi connectivity index (χ1n) is 5.01. The fraction of sp³-hybridized carbons (Fsp3) is 0.364. The number of nitriles is 1. The first-order valence-corrected chi connectivity index (χ1v) is 5.01. The largest absolute Gasteiger partial charge is 0.469 e. The highest BCUT2D eigenvalue weighted by Crippen LogP contribution is 2.23. The fourth-order valence-corrected chi connectivity index (χ4v) is 1.42. The maximum Gasteiger partial charge on any atom is 0.310 e. The second-order valence-electron chi connectivity index (χ2n) is 3.40. The molecule has 0 amide bonds. The summed E-state index contributed by atoms with van der Waals surface area (Å²) in [5.74, 6) is -0.555. The molecule has 0 saturated carbocycles. The molecule has 0 spiro atoms. The average Bonchev–Trinajstić information content (AvgIpc) is 2.37. The molecule has 2 N–H and O–H groups in total. The van der Waals surface area contributed by atoms with Crippen molar-refractivity contribution in [3.8, 4) is 6.07 Å². The normalized spacial score (nSPS) is 10.2. The molecule has 18 heavy (non-hydrogen) atoms. The Morgan fingerprint density at radius 2 is 2.33 bits per heavy atom. The zero-order valence-corrected chi connectivity index (χ0v) is 9.61. The number of rotatable bonds is 4. The number of hydrogen-bond donors (Lipinski definition) is 1. The first-order chi connectivity index (χ1) is 8.53. The molecular formula is C11H11F2N3O2. The molecule has 1 aromatic rings. The number of halogens is 2. The summed E-state index contributed by atoms with van der Waals surface area (Å²) in [6, 6.07) is 2.83. The van der Waals surface area contributed by atoms with Crippen LogP contribution in [0.5, 0.6) is 0 Å². The molecule has 0 saturated heterocycles. The van der Waals surface area contributed by atoms with Crippen molar-refractivity contribution in [3.05, 3.63) is 28.6 Å². The van der Waals surface area contributed by atoms with Gasteiger partial charge in [0.1, 0.15) is 11.8 Å². The molecule has 5 nitrogen and oxygen atoms in total. The van der Waals surface area contributed by atoms with Crippen molar-refractivity contribution in [2.45, 2.75) is 19.4 Å². The number of alkyl halides is 2. The lowest BCUT2D eigenvalue weighted by Gasteiger charge is -2.10. The van der Waals surface area contributed by atoms with Crippen LogP contribution < -0.4 is 5.73 Å². The van der Waals surface area contributed by atoms with Crippen LogP contribution in [0, 0.1) is 11.3 Å². The van der Waals surface area contributed by atoms with Crippen LogP contribution in [0.2, 0.25) is 0 Å². The molecule has 1 heterocycles. The highest BCUT2D eigenvalue weighted by molar-refractivity contribution is 5.73. The molecule has 0 fully saturated rings. The minimum Gasteiger partial charge on any atom is -0.469 e. The Kier molecular flexibility index (Phi) is 4.68. The van der Waals surface area contributed by atoms with Crippen LogP contribution in [0.4, 0.5) is 8.78 Å². The summed E-state index contributed by atoms with van der Waals surface area (Å²) in [6.07, 6.45) is -3.02. The Morgan fingerprint density at radius 1 is 1.67 bits per heavy atom. The standard InChI is InChI=1S/C11H11F2N3O2/c1-18-9(17)3-6-2-7(4-14)10(11(12)13)16-8(6)5-15/h2,11H,3,5,15H2,1H3. The number of pyridine rings is 1. The number of carbonyl (C=O) groups excluding carboxylic acids is 1. The minimum atomic E-state index is -2.86. The Bertz CT molecular complexity index is 498. The Morgan fingerprint density at radius 3 is 2.78 bits per heavy atom. The lowest BCUT2D eigenvalue weighted by Crippen LogP contribution is -2.13. The third-order valence-electron chi connectivity index (χ3n) is 2.30. The van der Waals surface area contributed by atoms with E-state index in [2.05, 4.69) is 9.72 Å². The third kappa shape index (κ3) is 2.99. The summed E-state index contributed by atoms with van der Waals surface area (Å²) >= 11 is 0. The average molecular weight is 255 g/mol. The van der Waals surface area contributed by atoms with E-state index in [1.54, 1.807) is 6.07 Å². The Hall–Kier alpha value is -2.07. The highest BCUT2D eigenvalue weighted by Gasteiger charge is 2.19. The third-order valence-corrected chi connectivity index (χ3v) is 2.30. The highest BCUT2D eigenvalue weighted by atomic mass is 19.3.